The van der Waals surface area contributed by atoms with Gasteiger partial charge in [0.25, 0.3) is 0 Å². The Labute approximate surface area is 192 Å². The number of hydrogen-bond donors (Lipinski definition) is 1. The number of rotatable bonds is 6. The first-order valence-electron chi connectivity index (χ1n) is 13.8. The fourth-order valence-corrected chi connectivity index (χ4v) is 9.75. The molecule has 31 heavy (non-hydrogen) atoms. The minimum Gasteiger partial charge on any atom is -0.393 e. The van der Waals surface area contributed by atoms with E-state index in [1.54, 1.807) is 0 Å². The third-order valence-corrected chi connectivity index (χ3v) is 11.7. The molecule has 0 heterocycles. The average molecular weight is 431 g/mol. The zero-order valence-corrected chi connectivity index (χ0v) is 21.3. The summed E-state index contributed by atoms with van der Waals surface area (Å²) in [6.45, 7) is 14.8. The molecule has 0 saturated heterocycles. The number of carbonyl (C=O) groups is 1. The standard InChI is InChI=1S/C29H50O2/c1-7-20(18(2)3)9-8-19(4)23-10-11-24-22-17-27(31)26-16-21(30)12-14-29(26,6)25(22)13-15-28(23,24)5/h18-20,22-27,31H,7-17H2,1-6H3. The molecule has 4 aliphatic carbocycles. The molecule has 2 heteroatoms. The summed E-state index contributed by atoms with van der Waals surface area (Å²) < 4.78 is 0. The number of ketones is 1. The lowest BCUT2D eigenvalue weighted by Crippen LogP contribution is -2.58. The fourth-order valence-electron chi connectivity index (χ4n) is 9.75. The molecule has 0 bridgehead atoms. The van der Waals surface area contributed by atoms with E-state index in [1.165, 1.54) is 44.9 Å². The van der Waals surface area contributed by atoms with Gasteiger partial charge in [-0.3, -0.25) is 4.79 Å². The van der Waals surface area contributed by atoms with Gasteiger partial charge in [-0.25, -0.2) is 0 Å². The van der Waals surface area contributed by atoms with E-state index in [4.69, 9.17) is 0 Å². The van der Waals surface area contributed by atoms with Crippen LogP contribution in [0, 0.1) is 58.2 Å². The molecular weight excluding hydrogens is 380 g/mol. The second-order valence-electron chi connectivity index (χ2n) is 13.2. The molecule has 2 nitrogen and oxygen atoms in total. The molecular formula is C29H50O2. The summed E-state index contributed by atoms with van der Waals surface area (Å²) in [6, 6.07) is 0. The van der Waals surface area contributed by atoms with E-state index >= 15 is 0 Å². The molecule has 178 valence electrons. The van der Waals surface area contributed by atoms with Crippen LogP contribution in [-0.2, 0) is 4.79 Å². The number of carbonyl (C=O) groups excluding carboxylic acids is 1. The molecule has 10 atom stereocenters. The second kappa shape index (κ2) is 8.77. The highest BCUT2D eigenvalue weighted by atomic mass is 16.3. The maximum absolute atomic E-state index is 12.2. The smallest absolute Gasteiger partial charge is 0.133 e. The fraction of sp³-hybridized carbons (Fsp3) is 0.966. The van der Waals surface area contributed by atoms with Gasteiger partial charge in [-0.2, -0.15) is 0 Å². The Hall–Kier alpha value is -0.370. The van der Waals surface area contributed by atoms with Crippen LogP contribution in [0.3, 0.4) is 0 Å². The van der Waals surface area contributed by atoms with Gasteiger partial charge in [0, 0.05) is 12.8 Å². The van der Waals surface area contributed by atoms with Crippen molar-refractivity contribution in [3.63, 3.8) is 0 Å². The molecule has 0 aliphatic heterocycles. The van der Waals surface area contributed by atoms with Crippen LogP contribution in [0.1, 0.15) is 112 Å². The van der Waals surface area contributed by atoms with Crippen molar-refractivity contribution in [2.45, 2.75) is 118 Å². The molecule has 0 spiro atoms. The predicted octanol–water partition coefficient (Wildman–Crippen LogP) is 7.28. The summed E-state index contributed by atoms with van der Waals surface area (Å²) in [7, 11) is 0. The van der Waals surface area contributed by atoms with E-state index in [1.807, 2.05) is 0 Å². The summed E-state index contributed by atoms with van der Waals surface area (Å²) in [5.41, 5.74) is 0.653. The topological polar surface area (TPSA) is 37.3 Å². The highest BCUT2D eigenvalue weighted by Gasteiger charge is 2.62. The van der Waals surface area contributed by atoms with Crippen molar-refractivity contribution in [1.29, 1.82) is 0 Å². The zero-order valence-electron chi connectivity index (χ0n) is 21.3. The van der Waals surface area contributed by atoms with E-state index in [0.717, 1.165) is 54.8 Å². The minimum atomic E-state index is -0.259. The lowest BCUT2D eigenvalue weighted by molar-refractivity contribution is -0.166. The third-order valence-electron chi connectivity index (χ3n) is 11.7. The summed E-state index contributed by atoms with van der Waals surface area (Å²) in [5, 5.41) is 11.2. The summed E-state index contributed by atoms with van der Waals surface area (Å²) in [5.74, 6) is 6.17. The molecule has 0 aromatic carbocycles. The van der Waals surface area contributed by atoms with Gasteiger partial charge >= 0.3 is 0 Å². The summed E-state index contributed by atoms with van der Waals surface area (Å²) in [4.78, 5) is 12.2. The van der Waals surface area contributed by atoms with Gasteiger partial charge in [0.15, 0.2) is 0 Å². The molecule has 0 aromatic rings. The molecule has 4 fully saturated rings. The van der Waals surface area contributed by atoms with E-state index in [0.29, 0.717) is 23.5 Å². The highest BCUT2D eigenvalue weighted by molar-refractivity contribution is 5.79. The molecule has 10 unspecified atom stereocenters. The minimum absolute atomic E-state index is 0.187. The van der Waals surface area contributed by atoms with Crippen LogP contribution >= 0.6 is 0 Å². The van der Waals surface area contributed by atoms with Crippen LogP contribution in [0.25, 0.3) is 0 Å². The normalized spacial score (nSPS) is 46.9. The van der Waals surface area contributed by atoms with E-state index in [9.17, 15) is 9.90 Å². The van der Waals surface area contributed by atoms with Crippen LogP contribution in [0.15, 0.2) is 0 Å². The Balaban J connectivity index is 1.49. The third kappa shape index (κ3) is 3.95. The Morgan fingerprint density at radius 2 is 1.68 bits per heavy atom. The Bertz CT molecular complexity index is 655. The molecule has 1 N–H and O–H groups in total. The highest BCUT2D eigenvalue weighted by Crippen LogP contribution is 2.68. The van der Waals surface area contributed by atoms with Crippen LogP contribution in [0.4, 0.5) is 0 Å². The number of hydrogen-bond acceptors (Lipinski definition) is 2. The zero-order chi connectivity index (χ0) is 22.6. The molecule has 4 rings (SSSR count). The Morgan fingerprint density at radius 3 is 2.35 bits per heavy atom. The number of aliphatic hydroxyl groups excluding tert-OH is 1. The lowest BCUT2D eigenvalue weighted by Gasteiger charge is -2.61. The maximum atomic E-state index is 12.2. The number of Topliss-reactive ketones (excluding diaryl/α,β-unsaturated/α-hetero) is 1. The summed E-state index contributed by atoms with van der Waals surface area (Å²) in [6.07, 6.45) is 12.7. The SMILES string of the molecule is CCC(CCC(C)C1CCC2C3CC(O)C4CC(=O)CCC4(C)C3CCC12C)C(C)C. The van der Waals surface area contributed by atoms with E-state index < -0.39 is 0 Å². The van der Waals surface area contributed by atoms with Crippen molar-refractivity contribution >= 4 is 5.78 Å². The molecule has 0 amide bonds. The van der Waals surface area contributed by atoms with Gasteiger partial charge in [-0.05, 0) is 103 Å². The average Bonchev–Trinajstić information content (AvgIpc) is 3.07. The van der Waals surface area contributed by atoms with Crippen molar-refractivity contribution in [2.24, 2.45) is 58.2 Å². The molecule has 0 aromatic heterocycles. The molecule has 0 radical (unpaired) electrons. The van der Waals surface area contributed by atoms with Crippen LogP contribution in [-0.4, -0.2) is 17.0 Å². The first kappa shape index (κ1) is 23.8. The predicted molar refractivity (Wildman–Crippen MR) is 129 cm³/mol. The van der Waals surface area contributed by atoms with Gasteiger partial charge in [-0.1, -0.05) is 54.4 Å². The van der Waals surface area contributed by atoms with Gasteiger partial charge in [0.1, 0.15) is 5.78 Å². The van der Waals surface area contributed by atoms with Crippen molar-refractivity contribution in [3.05, 3.63) is 0 Å². The monoisotopic (exact) mass is 430 g/mol. The van der Waals surface area contributed by atoms with Crippen LogP contribution in [0.5, 0.6) is 0 Å². The van der Waals surface area contributed by atoms with Crippen molar-refractivity contribution < 1.29 is 9.90 Å². The van der Waals surface area contributed by atoms with Crippen molar-refractivity contribution in [2.75, 3.05) is 0 Å². The largest absolute Gasteiger partial charge is 0.393 e. The maximum Gasteiger partial charge on any atom is 0.133 e. The van der Waals surface area contributed by atoms with Crippen molar-refractivity contribution in [3.8, 4) is 0 Å². The number of fused-ring (bicyclic) bond motifs is 5. The van der Waals surface area contributed by atoms with Gasteiger partial charge in [0.05, 0.1) is 6.10 Å². The van der Waals surface area contributed by atoms with E-state index in [2.05, 4.69) is 41.5 Å². The number of aliphatic hydroxyl groups is 1. The van der Waals surface area contributed by atoms with Crippen LogP contribution < -0.4 is 0 Å². The quantitative estimate of drug-likeness (QED) is 0.480. The van der Waals surface area contributed by atoms with Crippen molar-refractivity contribution in [1.82, 2.24) is 0 Å². The lowest BCUT2D eigenvalue weighted by atomic mass is 9.44. The van der Waals surface area contributed by atoms with Crippen LogP contribution in [0.2, 0.25) is 0 Å². The van der Waals surface area contributed by atoms with E-state index in [-0.39, 0.29) is 17.4 Å². The first-order valence-corrected chi connectivity index (χ1v) is 13.8. The van der Waals surface area contributed by atoms with Gasteiger partial charge in [0.2, 0.25) is 0 Å². The summed E-state index contributed by atoms with van der Waals surface area (Å²) >= 11 is 0. The first-order chi connectivity index (χ1) is 14.6. The Kier molecular flexibility index (Phi) is 6.73. The Morgan fingerprint density at radius 1 is 0.968 bits per heavy atom. The van der Waals surface area contributed by atoms with Gasteiger partial charge < -0.3 is 5.11 Å². The molecule has 4 aliphatic rings. The second-order valence-corrected chi connectivity index (χ2v) is 13.2. The molecule has 4 saturated carbocycles. The van der Waals surface area contributed by atoms with Gasteiger partial charge in [-0.15, -0.1) is 0 Å².